The molecule has 1 heterocycles. The van der Waals surface area contributed by atoms with Crippen molar-refractivity contribution in [2.24, 2.45) is 5.10 Å². The second kappa shape index (κ2) is 5.89. The molecule has 1 aliphatic rings. The van der Waals surface area contributed by atoms with Crippen LogP contribution in [0, 0.1) is 0 Å². The lowest BCUT2D eigenvalue weighted by Crippen LogP contribution is -2.37. The van der Waals surface area contributed by atoms with Gasteiger partial charge in [0.2, 0.25) is 11.8 Å². The zero-order valence-electron chi connectivity index (χ0n) is 12.6. The quantitative estimate of drug-likeness (QED) is 0.913. The Morgan fingerprint density at radius 2 is 1.90 bits per heavy atom. The first-order valence-electron chi connectivity index (χ1n) is 6.82. The van der Waals surface area contributed by atoms with E-state index in [0.717, 1.165) is 12.0 Å². The second-order valence-electron chi connectivity index (χ2n) is 5.05. The highest BCUT2D eigenvalue weighted by atomic mass is 32.2. The van der Waals surface area contributed by atoms with Gasteiger partial charge in [0.1, 0.15) is 4.87 Å². The number of carbonyl (C=O) groups is 2. The first kappa shape index (κ1) is 15.6. The van der Waals surface area contributed by atoms with E-state index in [0.29, 0.717) is 5.17 Å². The highest BCUT2D eigenvalue weighted by Crippen LogP contribution is 2.44. The van der Waals surface area contributed by atoms with Gasteiger partial charge in [0.15, 0.2) is 5.17 Å². The number of rotatable bonds is 2. The summed E-state index contributed by atoms with van der Waals surface area (Å²) in [5.41, 5.74) is 2.21. The Bertz CT molecular complexity index is 597. The van der Waals surface area contributed by atoms with Crippen LogP contribution >= 0.6 is 11.8 Å². The van der Waals surface area contributed by atoms with Crippen molar-refractivity contribution in [1.82, 2.24) is 10.3 Å². The maximum Gasteiger partial charge on any atom is 0.241 e. The summed E-state index contributed by atoms with van der Waals surface area (Å²) in [5, 5.41) is 8.75. The molecule has 0 saturated heterocycles. The topological polar surface area (TPSA) is 61.8 Å². The molecular weight excluding hydrogens is 286 g/mol. The largest absolute Gasteiger partial charge is 0.304 e. The monoisotopic (exact) mass is 305 g/mol. The highest BCUT2D eigenvalue weighted by Gasteiger charge is 2.43. The Hall–Kier alpha value is -1.82. The molecule has 0 unspecified atom stereocenters. The molecular formula is C15H19N3O2S. The first-order valence-corrected chi connectivity index (χ1v) is 7.64. The van der Waals surface area contributed by atoms with Crippen molar-refractivity contribution < 1.29 is 9.59 Å². The van der Waals surface area contributed by atoms with Gasteiger partial charge in [-0.3, -0.25) is 9.59 Å². The fourth-order valence-corrected chi connectivity index (χ4v) is 3.44. The van der Waals surface area contributed by atoms with Crippen LogP contribution in [-0.4, -0.2) is 22.0 Å². The minimum atomic E-state index is -0.643. The fraction of sp³-hybridized carbons (Fsp3) is 0.400. The molecule has 2 amide bonds. The third-order valence-electron chi connectivity index (χ3n) is 3.37. The summed E-state index contributed by atoms with van der Waals surface area (Å²) in [6, 6.07) is 8.12. The van der Waals surface area contributed by atoms with Crippen molar-refractivity contribution in [1.29, 1.82) is 0 Å². The molecule has 0 radical (unpaired) electrons. The highest BCUT2D eigenvalue weighted by molar-refractivity contribution is 8.14. The smallest absolute Gasteiger partial charge is 0.241 e. The summed E-state index contributed by atoms with van der Waals surface area (Å²) in [4.78, 5) is 22.4. The third-order valence-corrected chi connectivity index (χ3v) is 4.55. The molecule has 1 aromatic carbocycles. The van der Waals surface area contributed by atoms with Crippen molar-refractivity contribution in [2.45, 2.75) is 39.0 Å². The van der Waals surface area contributed by atoms with E-state index in [-0.39, 0.29) is 11.8 Å². The molecule has 0 fully saturated rings. The molecule has 2 rings (SSSR count). The molecule has 0 spiro atoms. The van der Waals surface area contributed by atoms with E-state index in [1.165, 1.54) is 36.2 Å². The molecule has 1 aromatic rings. The second-order valence-corrected chi connectivity index (χ2v) is 6.44. The van der Waals surface area contributed by atoms with Crippen molar-refractivity contribution in [3.63, 3.8) is 0 Å². The van der Waals surface area contributed by atoms with Crippen LogP contribution in [0.25, 0.3) is 0 Å². The van der Waals surface area contributed by atoms with Gasteiger partial charge in [0, 0.05) is 13.8 Å². The van der Waals surface area contributed by atoms with Gasteiger partial charge in [0.05, 0.1) is 0 Å². The molecule has 0 saturated carbocycles. The number of hydrogen-bond acceptors (Lipinski definition) is 4. The SMILES string of the molecule is CCc1ccc([C@@]2(C)SC(NC(C)=O)=NN2C(C)=O)cc1. The number of thioether (sulfide) groups is 1. The van der Waals surface area contributed by atoms with Crippen LogP contribution < -0.4 is 5.32 Å². The molecule has 1 atom stereocenters. The van der Waals surface area contributed by atoms with Gasteiger partial charge in [-0.15, -0.1) is 5.10 Å². The van der Waals surface area contributed by atoms with Crippen molar-refractivity contribution in [3.8, 4) is 0 Å². The van der Waals surface area contributed by atoms with Gasteiger partial charge in [0.25, 0.3) is 0 Å². The molecule has 1 N–H and O–H groups in total. The number of nitrogens with zero attached hydrogens (tertiary/aromatic N) is 2. The van der Waals surface area contributed by atoms with E-state index in [9.17, 15) is 9.59 Å². The zero-order chi connectivity index (χ0) is 15.6. The Balaban J connectivity index is 2.35. The average Bonchev–Trinajstić information content (AvgIpc) is 2.76. The van der Waals surface area contributed by atoms with Crippen molar-refractivity contribution in [2.75, 3.05) is 0 Å². The Morgan fingerprint density at radius 1 is 1.29 bits per heavy atom. The number of aryl methyl sites for hydroxylation is 1. The predicted molar refractivity (Wildman–Crippen MR) is 84.5 cm³/mol. The molecule has 0 aromatic heterocycles. The minimum Gasteiger partial charge on any atom is -0.304 e. The van der Waals surface area contributed by atoms with Crippen LogP contribution in [0.2, 0.25) is 0 Å². The van der Waals surface area contributed by atoms with Gasteiger partial charge in [-0.25, -0.2) is 5.01 Å². The molecule has 5 nitrogen and oxygen atoms in total. The van der Waals surface area contributed by atoms with Crippen LogP contribution in [-0.2, 0) is 20.9 Å². The van der Waals surface area contributed by atoms with Gasteiger partial charge in [-0.05, 0) is 24.5 Å². The zero-order valence-corrected chi connectivity index (χ0v) is 13.5. The van der Waals surface area contributed by atoms with Crippen LogP contribution in [0.1, 0.15) is 38.8 Å². The lowest BCUT2D eigenvalue weighted by atomic mass is 10.0. The summed E-state index contributed by atoms with van der Waals surface area (Å²) in [6.07, 6.45) is 0.966. The molecule has 21 heavy (non-hydrogen) atoms. The van der Waals surface area contributed by atoms with Crippen LogP contribution in [0.15, 0.2) is 29.4 Å². The number of nitrogens with one attached hydrogen (secondary N) is 1. The van der Waals surface area contributed by atoms with E-state index in [4.69, 9.17) is 0 Å². The number of amidine groups is 1. The van der Waals surface area contributed by atoms with E-state index in [2.05, 4.69) is 29.5 Å². The number of hydrazone groups is 1. The lowest BCUT2D eigenvalue weighted by Gasteiger charge is -2.31. The summed E-state index contributed by atoms with van der Waals surface area (Å²) < 4.78 is 0. The van der Waals surface area contributed by atoms with Crippen LogP contribution in [0.4, 0.5) is 0 Å². The van der Waals surface area contributed by atoms with Gasteiger partial charge in [-0.2, -0.15) is 0 Å². The Morgan fingerprint density at radius 3 is 2.38 bits per heavy atom. The number of amides is 2. The van der Waals surface area contributed by atoms with Crippen LogP contribution in [0.3, 0.4) is 0 Å². The van der Waals surface area contributed by atoms with Gasteiger partial charge in [-0.1, -0.05) is 43.0 Å². The fourth-order valence-electron chi connectivity index (χ4n) is 2.24. The van der Waals surface area contributed by atoms with Crippen molar-refractivity contribution >= 4 is 28.7 Å². The summed E-state index contributed by atoms with van der Waals surface area (Å²) in [6.45, 7) is 6.92. The minimum absolute atomic E-state index is 0.162. The van der Waals surface area contributed by atoms with Crippen molar-refractivity contribution in [3.05, 3.63) is 35.4 Å². The summed E-state index contributed by atoms with van der Waals surface area (Å²) >= 11 is 1.37. The standard InChI is InChI=1S/C15H19N3O2S/c1-5-12-6-8-13(9-7-12)15(4)18(11(3)20)17-14(21-15)16-10(2)19/h6-9H,5H2,1-4H3,(H,16,17,19)/t15-/m1/s1. The summed E-state index contributed by atoms with van der Waals surface area (Å²) in [5.74, 6) is -0.361. The molecule has 112 valence electrons. The van der Waals surface area contributed by atoms with Gasteiger partial charge < -0.3 is 5.32 Å². The maximum atomic E-state index is 11.9. The van der Waals surface area contributed by atoms with Gasteiger partial charge >= 0.3 is 0 Å². The van der Waals surface area contributed by atoms with E-state index >= 15 is 0 Å². The van der Waals surface area contributed by atoms with E-state index < -0.39 is 4.87 Å². The number of benzene rings is 1. The maximum absolute atomic E-state index is 11.9. The summed E-state index contributed by atoms with van der Waals surface area (Å²) in [7, 11) is 0. The van der Waals surface area contributed by atoms with E-state index in [1.54, 1.807) is 0 Å². The molecule has 0 aliphatic carbocycles. The number of hydrogen-bond donors (Lipinski definition) is 1. The third kappa shape index (κ3) is 3.10. The molecule has 0 bridgehead atoms. The first-order chi connectivity index (χ1) is 9.86. The van der Waals surface area contributed by atoms with Crippen LogP contribution in [0.5, 0.6) is 0 Å². The predicted octanol–water partition coefficient (Wildman–Crippen LogP) is 2.42. The van der Waals surface area contributed by atoms with E-state index in [1.807, 2.05) is 19.1 Å². The Labute approximate surface area is 128 Å². The Kier molecular flexibility index (Phi) is 4.37. The molecule has 1 aliphatic heterocycles. The average molecular weight is 305 g/mol. The number of carbonyl (C=O) groups excluding carboxylic acids is 2. The lowest BCUT2D eigenvalue weighted by molar-refractivity contribution is -0.131. The molecule has 6 heteroatoms. The normalized spacial score (nSPS) is 21.1.